The van der Waals surface area contributed by atoms with Gasteiger partial charge in [0, 0.05) is 21.7 Å². The Balaban J connectivity index is 1.66. The number of halogens is 1. The minimum atomic E-state index is -3.88. The lowest BCUT2D eigenvalue weighted by Crippen LogP contribution is -2.43. The van der Waals surface area contributed by atoms with Crippen LogP contribution in [-0.2, 0) is 19.6 Å². The molecule has 10 heteroatoms. The van der Waals surface area contributed by atoms with Gasteiger partial charge in [-0.05, 0) is 43.2 Å². The van der Waals surface area contributed by atoms with E-state index in [1.807, 2.05) is 12.1 Å². The highest BCUT2D eigenvalue weighted by Crippen LogP contribution is 2.37. The van der Waals surface area contributed by atoms with Gasteiger partial charge < -0.3 is 10.1 Å². The van der Waals surface area contributed by atoms with Crippen molar-refractivity contribution in [1.29, 1.82) is 0 Å². The lowest BCUT2D eigenvalue weighted by atomic mass is 10.2. The van der Waals surface area contributed by atoms with Crippen LogP contribution in [0.2, 0.25) is 5.02 Å². The Morgan fingerprint density at radius 1 is 1.16 bits per heavy atom. The van der Waals surface area contributed by atoms with Gasteiger partial charge in [0.25, 0.3) is 0 Å². The molecule has 1 aromatic heterocycles. The highest BCUT2D eigenvalue weighted by Gasteiger charge is 2.40. The molecule has 1 aliphatic rings. The summed E-state index contributed by atoms with van der Waals surface area (Å²) >= 11 is 7.08. The molecule has 1 fully saturated rings. The van der Waals surface area contributed by atoms with E-state index >= 15 is 0 Å². The number of hydrogen-bond acceptors (Lipinski definition) is 6. The van der Waals surface area contributed by atoms with E-state index in [1.165, 1.54) is 47.0 Å². The van der Waals surface area contributed by atoms with Gasteiger partial charge in [0.15, 0.2) is 0 Å². The molecule has 0 radical (unpaired) electrons. The number of thiophene rings is 1. The van der Waals surface area contributed by atoms with Gasteiger partial charge in [-0.1, -0.05) is 29.8 Å². The van der Waals surface area contributed by atoms with E-state index in [0.717, 1.165) is 4.70 Å². The summed E-state index contributed by atoms with van der Waals surface area (Å²) in [6, 6.07) is 12.2. The van der Waals surface area contributed by atoms with Gasteiger partial charge in [-0.3, -0.25) is 4.79 Å². The third kappa shape index (κ3) is 4.06. The number of amides is 1. The Morgan fingerprint density at radius 2 is 1.87 bits per heavy atom. The second-order valence-electron chi connectivity index (χ2n) is 7.01. The average molecular weight is 479 g/mol. The number of ether oxygens (including phenoxy) is 1. The summed E-state index contributed by atoms with van der Waals surface area (Å²) in [4.78, 5) is 25.8. The second-order valence-corrected chi connectivity index (χ2v) is 10.4. The number of benzene rings is 2. The van der Waals surface area contributed by atoms with Crippen LogP contribution in [0.3, 0.4) is 0 Å². The summed E-state index contributed by atoms with van der Waals surface area (Å²) in [5.41, 5.74) is 0.341. The Bertz CT molecular complexity index is 1250. The monoisotopic (exact) mass is 478 g/mol. The largest absolute Gasteiger partial charge is 0.465 e. The minimum absolute atomic E-state index is 0.0767. The van der Waals surface area contributed by atoms with Crippen LogP contribution in [0.5, 0.6) is 0 Å². The number of carbonyl (C=O) groups is 2. The minimum Gasteiger partial charge on any atom is -0.465 e. The number of sulfonamides is 1. The standard InChI is InChI=1S/C21H19ClN2O5S2/c1-29-21(26)19-18(15-5-2-3-7-17(15)30-19)23-20(25)16-6-4-12-24(16)31(27,28)14-10-8-13(22)9-11-14/h2-3,5,7-11,16H,4,6,12H2,1H3,(H,23,25)/t16-/m0/s1. The summed E-state index contributed by atoms with van der Waals surface area (Å²) in [6.07, 6.45) is 0.938. The van der Waals surface area contributed by atoms with Crippen LogP contribution < -0.4 is 5.32 Å². The van der Waals surface area contributed by atoms with E-state index in [0.29, 0.717) is 28.9 Å². The molecule has 1 atom stereocenters. The first kappa shape index (κ1) is 21.8. The molecule has 1 aliphatic heterocycles. The quantitative estimate of drug-likeness (QED) is 0.556. The Hall–Kier alpha value is -2.46. The molecule has 2 heterocycles. The molecule has 1 N–H and O–H groups in total. The maximum absolute atomic E-state index is 13.2. The maximum atomic E-state index is 13.2. The molecule has 0 bridgehead atoms. The fraction of sp³-hybridized carbons (Fsp3) is 0.238. The van der Waals surface area contributed by atoms with Crippen LogP contribution in [0, 0.1) is 0 Å². The first-order valence-corrected chi connectivity index (χ1v) is 12.1. The molecule has 31 heavy (non-hydrogen) atoms. The van der Waals surface area contributed by atoms with E-state index in [2.05, 4.69) is 5.32 Å². The van der Waals surface area contributed by atoms with Crippen molar-refractivity contribution in [3.8, 4) is 0 Å². The molecule has 0 saturated carbocycles. The summed E-state index contributed by atoms with van der Waals surface area (Å²) in [5, 5.41) is 3.92. The molecule has 0 aliphatic carbocycles. The smallest absolute Gasteiger partial charge is 0.350 e. The summed E-state index contributed by atoms with van der Waals surface area (Å²) < 4.78 is 33.1. The zero-order chi connectivity index (χ0) is 22.2. The number of nitrogens with one attached hydrogen (secondary N) is 1. The number of rotatable bonds is 5. The molecule has 162 valence electrons. The van der Waals surface area contributed by atoms with E-state index in [1.54, 1.807) is 12.1 Å². The van der Waals surface area contributed by atoms with Gasteiger partial charge >= 0.3 is 5.97 Å². The van der Waals surface area contributed by atoms with Crippen molar-refractivity contribution in [1.82, 2.24) is 4.31 Å². The van der Waals surface area contributed by atoms with E-state index in [9.17, 15) is 18.0 Å². The van der Waals surface area contributed by atoms with Crippen molar-refractivity contribution in [3.05, 3.63) is 58.4 Å². The van der Waals surface area contributed by atoms with Gasteiger partial charge in [-0.25, -0.2) is 13.2 Å². The normalized spacial score (nSPS) is 17.0. The molecule has 1 amide bonds. The number of carbonyl (C=O) groups excluding carboxylic acids is 2. The topological polar surface area (TPSA) is 92.8 Å². The predicted molar refractivity (Wildman–Crippen MR) is 120 cm³/mol. The number of anilines is 1. The number of esters is 1. The number of methoxy groups -OCH3 is 1. The number of nitrogens with zero attached hydrogens (tertiary/aromatic N) is 1. The SMILES string of the molecule is COC(=O)c1sc2ccccc2c1NC(=O)[C@@H]1CCCN1S(=O)(=O)c1ccc(Cl)cc1. The molecule has 7 nitrogen and oxygen atoms in total. The van der Waals surface area contributed by atoms with Crippen LogP contribution in [0.4, 0.5) is 5.69 Å². The highest BCUT2D eigenvalue weighted by molar-refractivity contribution is 7.89. The summed E-state index contributed by atoms with van der Waals surface area (Å²) in [5.74, 6) is -1.04. The molecule has 3 aromatic rings. The Morgan fingerprint density at radius 3 is 2.58 bits per heavy atom. The molecule has 4 rings (SSSR count). The van der Waals surface area contributed by atoms with Gasteiger partial charge in [0.05, 0.1) is 17.7 Å². The van der Waals surface area contributed by atoms with E-state index in [-0.39, 0.29) is 16.3 Å². The first-order valence-electron chi connectivity index (χ1n) is 9.51. The van der Waals surface area contributed by atoms with Crippen LogP contribution in [-0.4, -0.2) is 44.3 Å². The predicted octanol–water partition coefficient (Wildman–Crippen LogP) is 4.13. The molecular formula is C21H19ClN2O5S2. The van der Waals surface area contributed by atoms with Crippen molar-refractivity contribution >= 4 is 60.6 Å². The van der Waals surface area contributed by atoms with Crippen LogP contribution >= 0.6 is 22.9 Å². The highest BCUT2D eigenvalue weighted by atomic mass is 35.5. The zero-order valence-electron chi connectivity index (χ0n) is 16.5. The van der Waals surface area contributed by atoms with Crippen molar-refractivity contribution in [2.45, 2.75) is 23.8 Å². The van der Waals surface area contributed by atoms with E-state index in [4.69, 9.17) is 16.3 Å². The van der Waals surface area contributed by atoms with Crippen LogP contribution in [0.1, 0.15) is 22.5 Å². The lowest BCUT2D eigenvalue weighted by Gasteiger charge is -2.23. The van der Waals surface area contributed by atoms with Crippen molar-refractivity contribution in [3.63, 3.8) is 0 Å². The third-order valence-corrected chi connectivity index (χ3v) is 8.47. The molecule has 2 aromatic carbocycles. The molecule has 1 saturated heterocycles. The lowest BCUT2D eigenvalue weighted by molar-refractivity contribution is -0.119. The maximum Gasteiger partial charge on any atom is 0.350 e. The van der Waals surface area contributed by atoms with Crippen molar-refractivity contribution in [2.24, 2.45) is 0 Å². The Kier molecular flexibility index (Phi) is 6.02. The number of fused-ring (bicyclic) bond motifs is 1. The fourth-order valence-corrected chi connectivity index (χ4v) is 6.50. The molecule has 0 unspecified atom stereocenters. The average Bonchev–Trinajstić information content (AvgIpc) is 3.40. The summed E-state index contributed by atoms with van der Waals surface area (Å²) in [7, 11) is -2.60. The van der Waals surface area contributed by atoms with Gasteiger partial charge in [0.2, 0.25) is 15.9 Å². The van der Waals surface area contributed by atoms with E-state index < -0.39 is 27.9 Å². The number of hydrogen-bond donors (Lipinski definition) is 1. The molecule has 0 spiro atoms. The van der Waals surface area contributed by atoms with Crippen LogP contribution in [0.15, 0.2) is 53.4 Å². The van der Waals surface area contributed by atoms with Gasteiger partial charge in [0.1, 0.15) is 10.9 Å². The van der Waals surface area contributed by atoms with Crippen LogP contribution in [0.25, 0.3) is 10.1 Å². The summed E-state index contributed by atoms with van der Waals surface area (Å²) in [6.45, 7) is 0.233. The zero-order valence-corrected chi connectivity index (χ0v) is 18.9. The first-order chi connectivity index (χ1) is 14.8. The van der Waals surface area contributed by atoms with Gasteiger partial charge in [-0.15, -0.1) is 11.3 Å². The second kappa shape index (κ2) is 8.58. The third-order valence-electron chi connectivity index (χ3n) is 5.14. The van der Waals surface area contributed by atoms with Crippen molar-refractivity contribution < 1.29 is 22.7 Å². The molecular weight excluding hydrogens is 460 g/mol. The van der Waals surface area contributed by atoms with Gasteiger partial charge in [-0.2, -0.15) is 4.31 Å². The Labute approximate surface area is 188 Å². The van der Waals surface area contributed by atoms with Crippen molar-refractivity contribution in [2.75, 3.05) is 19.0 Å². The fourth-order valence-electron chi connectivity index (χ4n) is 3.64.